The largest absolute Gasteiger partial charge is 0.339 e. The summed E-state index contributed by atoms with van der Waals surface area (Å²) in [4.78, 5) is 14.0. The maximum atomic E-state index is 13.4. The number of nitrogens with two attached hydrogens (primary N) is 1. The van der Waals surface area contributed by atoms with E-state index in [-0.39, 0.29) is 10.9 Å². The van der Waals surface area contributed by atoms with Crippen molar-refractivity contribution in [3.05, 3.63) is 34.6 Å². The van der Waals surface area contributed by atoms with Gasteiger partial charge in [-0.1, -0.05) is 11.6 Å². The van der Waals surface area contributed by atoms with Crippen LogP contribution in [0.2, 0.25) is 5.02 Å². The third-order valence-corrected chi connectivity index (χ3v) is 3.95. The van der Waals surface area contributed by atoms with E-state index in [2.05, 4.69) is 0 Å². The number of piperidine rings is 1. The molecule has 3 nitrogen and oxygen atoms in total. The Labute approximate surface area is 117 Å². The molecule has 0 bridgehead atoms. The number of carbonyl (C=O) groups is 1. The van der Waals surface area contributed by atoms with E-state index in [4.69, 9.17) is 17.3 Å². The zero-order valence-corrected chi connectivity index (χ0v) is 11.5. The highest BCUT2D eigenvalue weighted by atomic mass is 35.5. The molecule has 0 spiro atoms. The number of hydrogen-bond donors (Lipinski definition) is 1. The fraction of sp³-hybridized carbons (Fsp3) is 0.500. The first-order chi connectivity index (χ1) is 9.11. The van der Waals surface area contributed by atoms with Crippen molar-refractivity contribution in [2.24, 2.45) is 11.7 Å². The van der Waals surface area contributed by atoms with Crippen LogP contribution in [0.25, 0.3) is 0 Å². The average Bonchev–Trinajstić information content (AvgIpc) is 2.42. The lowest BCUT2D eigenvalue weighted by molar-refractivity contribution is 0.0687. The summed E-state index contributed by atoms with van der Waals surface area (Å²) in [6.07, 6.45) is 2.95. The SMILES string of the molecule is NCCC1CCN(C(=O)c2ccc(Cl)c(F)c2)CC1. The minimum absolute atomic E-state index is 0.0400. The van der Waals surface area contributed by atoms with Gasteiger partial charge in [0.2, 0.25) is 0 Å². The molecule has 0 unspecified atom stereocenters. The number of nitrogens with zero attached hydrogens (tertiary/aromatic N) is 1. The van der Waals surface area contributed by atoms with Crippen LogP contribution < -0.4 is 5.73 Å². The van der Waals surface area contributed by atoms with Gasteiger partial charge < -0.3 is 10.6 Å². The summed E-state index contributed by atoms with van der Waals surface area (Å²) in [6, 6.07) is 4.20. The second-order valence-electron chi connectivity index (χ2n) is 4.94. The Kier molecular flexibility index (Phi) is 4.77. The predicted octanol–water partition coefficient (Wildman–Crippen LogP) is 2.68. The van der Waals surface area contributed by atoms with Gasteiger partial charge in [-0.25, -0.2) is 4.39 Å². The Morgan fingerprint density at radius 2 is 2.11 bits per heavy atom. The minimum Gasteiger partial charge on any atom is -0.339 e. The number of carbonyl (C=O) groups excluding carboxylic acids is 1. The highest BCUT2D eigenvalue weighted by Crippen LogP contribution is 2.22. The van der Waals surface area contributed by atoms with Gasteiger partial charge in [0.1, 0.15) is 5.82 Å². The number of likely N-dealkylation sites (tertiary alicyclic amines) is 1. The molecule has 0 aliphatic carbocycles. The van der Waals surface area contributed by atoms with E-state index >= 15 is 0 Å². The molecule has 19 heavy (non-hydrogen) atoms. The smallest absolute Gasteiger partial charge is 0.253 e. The molecule has 1 heterocycles. The molecule has 1 aromatic rings. The van der Waals surface area contributed by atoms with Gasteiger partial charge in [0.25, 0.3) is 5.91 Å². The highest BCUT2D eigenvalue weighted by molar-refractivity contribution is 6.30. The van der Waals surface area contributed by atoms with E-state index in [1.165, 1.54) is 12.1 Å². The van der Waals surface area contributed by atoms with Gasteiger partial charge in [0.15, 0.2) is 0 Å². The molecule has 0 radical (unpaired) electrons. The number of amides is 1. The third kappa shape index (κ3) is 3.45. The van der Waals surface area contributed by atoms with Crippen LogP contribution in [-0.4, -0.2) is 30.4 Å². The summed E-state index contributed by atoms with van der Waals surface area (Å²) in [6.45, 7) is 2.13. The van der Waals surface area contributed by atoms with Gasteiger partial charge in [0.05, 0.1) is 5.02 Å². The molecule has 0 saturated carbocycles. The molecule has 1 aromatic carbocycles. The minimum atomic E-state index is -0.550. The number of halogens is 2. The van der Waals surface area contributed by atoms with Crippen LogP contribution in [0.4, 0.5) is 4.39 Å². The van der Waals surface area contributed by atoms with Gasteiger partial charge in [-0.3, -0.25) is 4.79 Å². The molecule has 104 valence electrons. The first-order valence-electron chi connectivity index (χ1n) is 6.56. The monoisotopic (exact) mass is 284 g/mol. The second kappa shape index (κ2) is 6.35. The number of benzene rings is 1. The van der Waals surface area contributed by atoms with Crippen molar-refractivity contribution in [1.29, 1.82) is 0 Å². The lowest BCUT2D eigenvalue weighted by Gasteiger charge is -2.32. The van der Waals surface area contributed by atoms with Gasteiger partial charge >= 0.3 is 0 Å². The summed E-state index contributed by atoms with van der Waals surface area (Å²) in [5, 5.41) is 0.0400. The van der Waals surface area contributed by atoms with Crippen molar-refractivity contribution in [3.63, 3.8) is 0 Å². The van der Waals surface area contributed by atoms with Crippen LogP contribution in [-0.2, 0) is 0 Å². The molecule has 2 N–H and O–H groups in total. The highest BCUT2D eigenvalue weighted by Gasteiger charge is 2.23. The van der Waals surface area contributed by atoms with E-state index in [1.54, 1.807) is 11.0 Å². The first kappa shape index (κ1) is 14.3. The summed E-state index contributed by atoms with van der Waals surface area (Å²) in [7, 11) is 0. The fourth-order valence-corrected chi connectivity index (χ4v) is 2.59. The molecule has 1 aliphatic rings. The lowest BCUT2D eigenvalue weighted by Crippen LogP contribution is -2.38. The van der Waals surface area contributed by atoms with Crippen LogP contribution in [0.3, 0.4) is 0 Å². The predicted molar refractivity (Wildman–Crippen MR) is 73.7 cm³/mol. The summed E-state index contributed by atoms with van der Waals surface area (Å²) < 4.78 is 13.4. The maximum absolute atomic E-state index is 13.4. The third-order valence-electron chi connectivity index (χ3n) is 3.64. The summed E-state index contributed by atoms with van der Waals surface area (Å²) >= 11 is 5.61. The molecular weight excluding hydrogens is 267 g/mol. The van der Waals surface area contributed by atoms with Crippen LogP contribution >= 0.6 is 11.6 Å². The Bertz CT molecular complexity index is 459. The molecule has 1 aliphatic heterocycles. The van der Waals surface area contributed by atoms with E-state index in [9.17, 15) is 9.18 Å². The first-order valence-corrected chi connectivity index (χ1v) is 6.94. The van der Waals surface area contributed by atoms with Crippen LogP contribution in [0.15, 0.2) is 18.2 Å². The van der Waals surface area contributed by atoms with Gasteiger partial charge in [-0.2, -0.15) is 0 Å². The zero-order chi connectivity index (χ0) is 13.8. The standard InChI is InChI=1S/C14H18ClFN2O/c15-12-2-1-11(9-13(12)16)14(19)18-7-4-10(3-6-17)5-8-18/h1-2,9-10H,3-8,17H2. The van der Waals surface area contributed by atoms with Crippen molar-refractivity contribution in [2.45, 2.75) is 19.3 Å². The lowest BCUT2D eigenvalue weighted by atomic mass is 9.93. The molecule has 5 heteroatoms. The topological polar surface area (TPSA) is 46.3 Å². The Morgan fingerprint density at radius 1 is 1.42 bits per heavy atom. The van der Waals surface area contributed by atoms with Crippen LogP contribution in [0.1, 0.15) is 29.6 Å². The van der Waals surface area contributed by atoms with Crippen molar-refractivity contribution in [2.75, 3.05) is 19.6 Å². The molecule has 0 aromatic heterocycles. The number of rotatable bonds is 3. The Hall–Kier alpha value is -1.13. The van der Waals surface area contributed by atoms with Crippen molar-refractivity contribution in [3.8, 4) is 0 Å². The van der Waals surface area contributed by atoms with Crippen molar-refractivity contribution < 1.29 is 9.18 Å². The van der Waals surface area contributed by atoms with Crippen molar-refractivity contribution >= 4 is 17.5 Å². The molecule has 1 fully saturated rings. The quantitative estimate of drug-likeness (QED) is 0.927. The Balaban J connectivity index is 1.99. The molecule has 0 atom stereocenters. The van der Waals surface area contributed by atoms with Gasteiger partial charge in [-0.15, -0.1) is 0 Å². The molecule has 1 amide bonds. The van der Waals surface area contributed by atoms with Crippen LogP contribution in [0.5, 0.6) is 0 Å². The summed E-state index contributed by atoms with van der Waals surface area (Å²) in [5.41, 5.74) is 5.90. The maximum Gasteiger partial charge on any atom is 0.253 e. The van der Waals surface area contributed by atoms with Gasteiger partial charge in [0, 0.05) is 18.7 Å². The normalized spacial score (nSPS) is 16.7. The second-order valence-corrected chi connectivity index (χ2v) is 5.35. The van der Waals surface area contributed by atoms with E-state index < -0.39 is 5.82 Å². The number of hydrogen-bond acceptors (Lipinski definition) is 2. The summed E-state index contributed by atoms with van der Waals surface area (Å²) in [5.74, 6) is -0.0664. The van der Waals surface area contributed by atoms with E-state index in [0.29, 0.717) is 31.1 Å². The van der Waals surface area contributed by atoms with Crippen LogP contribution in [0, 0.1) is 11.7 Å². The molecule has 1 saturated heterocycles. The van der Waals surface area contributed by atoms with E-state index in [0.717, 1.165) is 19.3 Å². The molecule has 2 rings (SSSR count). The Morgan fingerprint density at radius 3 is 2.68 bits per heavy atom. The van der Waals surface area contributed by atoms with E-state index in [1.807, 2.05) is 0 Å². The van der Waals surface area contributed by atoms with Crippen molar-refractivity contribution in [1.82, 2.24) is 4.90 Å². The average molecular weight is 285 g/mol. The zero-order valence-electron chi connectivity index (χ0n) is 10.7. The van der Waals surface area contributed by atoms with Gasteiger partial charge in [-0.05, 0) is 49.9 Å². The fourth-order valence-electron chi connectivity index (χ4n) is 2.47. The molecular formula is C14H18ClFN2O.